The number of rotatable bonds is 3. The van der Waals surface area contributed by atoms with Gasteiger partial charge in [-0.3, -0.25) is 0 Å². The van der Waals surface area contributed by atoms with Crippen LogP contribution in [0.2, 0.25) is 5.02 Å². The number of para-hydroxylation sites is 1. The normalized spacial score (nSPS) is 10.3. The molecule has 3 aromatic rings. The quantitative estimate of drug-likeness (QED) is 0.691. The van der Waals surface area contributed by atoms with Crippen LogP contribution in [0.5, 0.6) is 17.2 Å². The van der Waals surface area contributed by atoms with Crippen LogP contribution in [0.1, 0.15) is 0 Å². The first-order valence-corrected chi connectivity index (χ1v) is 6.93. The third-order valence-corrected chi connectivity index (χ3v) is 3.49. The Bertz CT molecular complexity index is 740. The van der Waals surface area contributed by atoms with Crippen LogP contribution in [0, 0.1) is 0 Å². The lowest BCUT2D eigenvalue weighted by Gasteiger charge is -2.13. The van der Waals surface area contributed by atoms with Crippen LogP contribution in [-0.4, -0.2) is 5.11 Å². The van der Waals surface area contributed by atoms with Crippen molar-refractivity contribution in [3.8, 4) is 28.4 Å². The zero-order valence-corrected chi connectivity index (χ0v) is 11.9. The predicted octanol–water partition coefficient (Wildman–Crippen LogP) is 5.50. The van der Waals surface area contributed by atoms with Crippen molar-refractivity contribution in [2.75, 3.05) is 0 Å². The Morgan fingerprint density at radius 1 is 0.762 bits per heavy atom. The molecule has 0 aromatic heterocycles. The molecule has 104 valence electrons. The first-order valence-electron chi connectivity index (χ1n) is 6.55. The van der Waals surface area contributed by atoms with Crippen molar-refractivity contribution >= 4 is 11.6 Å². The molecule has 3 rings (SSSR count). The highest BCUT2D eigenvalue weighted by Crippen LogP contribution is 2.42. The van der Waals surface area contributed by atoms with Gasteiger partial charge in [-0.15, -0.1) is 0 Å². The summed E-state index contributed by atoms with van der Waals surface area (Å²) in [6, 6.07) is 22.2. The van der Waals surface area contributed by atoms with E-state index in [0.717, 1.165) is 5.56 Å². The highest BCUT2D eigenvalue weighted by atomic mass is 35.5. The van der Waals surface area contributed by atoms with Crippen LogP contribution in [0.4, 0.5) is 0 Å². The number of hydrogen-bond donors (Lipinski definition) is 1. The minimum atomic E-state index is 0.131. The summed E-state index contributed by atoms with van der Waals surface area (Å²) in [7, 11) is 0. The number of phenols is 1. The topological polar surface area (TPSA) is 29.5 Å². The van der Waals surface area contributed by atoms with Gasteiger partial charge in [0.25, 0.3) is 0 Å². The Labute approximate surface area is 128 Å². The van der Waals surface area contributed by atoms with Gasteiger partial charge < -0.3 is 9.84 Å². The molecule has 0 saturated carbocycles. The summed E-state index contributed by atoms with van der Waals surface area (Å²) in [6.07, 6.45) is 0. The van der Waals surface area contributed by atoms with E-state index in [-0.39, 0.29) is 5.75 Å². The number of halogens is 1. The fourth-order valence-corrected chi connectivity index (χ4v) is 2.43. The second-order valence-electron chi connectivity index (χ2n) is 4.55. The Morgan fingerprint density at radius 2 is 1.38 bits per heavy atom. The molecule has 3 aromatic carbocycles. The number of benzene rings is 3. The molecule has 0 aliphatic heterocycles. The van der Waals surface area contributed by atoms with Gasteiger partial charge in [0.15, 0.2) is 0 Å². The van der Waals surface area contributed by atoms with E-state index in [9.17, 15) is 5.11 Å². The summed E-state index contributed by atoms with van der Waals surface area (Å²) in [4.78, 5) is 0. The second kappa shape index (κ2) is 5.90. The van der Waals surface area contributed by atoms with E-state index in [0.29, 0.717) is 22.1 Å². The second-order valence-corrected chi connectivity index (χ2v) is 4.93. The van der Waals surface area contributed by atoms with E-state index in [1.54, 1.807) is 12.1 Å². The summed E-state index contributed by atoms with van der Waals surface area (Å²) < 4.78 is 5.78. The maximum atomic E-state index is 10.1. The molecule has 0 spiro atoms. The first kappa shape index (κ1) is 13.5. The van der Waals surface area contributed by atoms with Gasteiger partial charge in [-0.25, -0.2) is 0 Å². The van der Waals surface area contributed by atoms with Crippen molar-refractivity contribution in [3.63, 3.8) is 0 Å². The van der Waals surface area contributed by atoms with E-state index in [4.69, 9.17) is 16.3 Å². The highest BCUT2D eigenvalue weighted by Gasteiger charge is 2.14. The van der Waals surface area contributed by atoms with Crippen molar-refractivity contribution in [1.29, 1.82) is 0 Å². The van der Waals surface area contributed by atoms with E-state index in [1.165, 1.54) is 0 Å². The van der Waals surface area contributed by atoms with Gasteiger partial charge >= 0.3 is 0 Å². The van der Waals surface area contributed by atoms with Crippen molar-refractivity contribution in [1.82, 2.24) is 0 Å². The number of phenolic OH excluding ortho intramolecular Hbond substituents is 1. The summed E-state index contributed by atoms with van der Waals surface area (Å²) >= 11 is 6.41. The average molecular weight is 297 g/mol. The summed E-state index contributed by atoms with van der Waals surface area (Å²) in [5.74, 6) is 1.34. The molecule has 0 unspecified atom stereocenters. The molecule has 1 N–H and O–H groups in total. The predicted molar refractivity (Wildman–Crippen MR) is 85.1 cm³/mol. The maximum absolute atomic E-state index is 10.1. The highest BCUT2D eigenvalue weighted by molar-refractivity contribution is 6.35. The molecule has 2 nitrogen and oxygen atoms in total. The minimum absolute atomic E-state index is 0.131. The van der Waals surface area contributed by atoms with Gasteiger partial charge in [-0.1, -0.05) is 60.1 Å². The molecule has 3 heteroatoms. The first-order chi connectivity index (χ1) is 10.3. The zero-order valence-electron chi connectivity index (χ0n) is 11.2. The van der Waals surface area contributed by atoms with Gasteiger partial charge in [-0.05, 0) is 29.8 Å². The smallest absolute Gasteiger partial charge is 0.146 e. The van der Waals surface area contributed by atoms with Gasteiger partial charge in [0.1, 0.15) is 17.2 Å². The minimum Gasteiger partial charge on any atom is -0.507 e. The van der Waals surface area contributed by atoms with Gasteiger partial charge in [-0.2, -0.15) is 0 Å². The lowest BCUT2D eigenvalue weighted by molar-refractivity contribution is 0.466. The van der Waals surface area contributed by atoms with Gasteiger partial charge in [0.2, 0.25) is 0 Å². The van der Waals surface area contributed by atoms with Crippen molar-refractivity contribution < 1.29 is 9.84 Å². The molecule has 0 fully saturated rings. The Balaban J connectivity index is 2.05. The summed E-state index contributed by atoms with van der Waals surface area (Å²) in [6.45, 7) is 0. The largest absolute Gasteiger partial charge is 0.507 e. The maximum Gasteiger partial charge on any atom is 0.146 e. The van der Waals surface area contributed by atoms with Crippen LogP contribution < -0.4 is 4.74 Å². The molecule has 0 atom stereocenters. The number of aromatic hydroxyl groups is 1. The fraction of sp³-hybridized carbons (Fsp3) is 0. The Kier molecular flexibility index (Phi) is 3.80. The number of ether oxygens (including phenoxy) is 1. The van der Waals surface area contributed by atoms with Crippen LogP contribution in [0.3, 0.4) is 0 Å². The summed E-state index contributed by atoms with van der Waals surface area (Å²) in [5, 5.41) is 10.5. The standard InChI is InChI=1S/C18H13ClO2/c19-18-16(21-14-9-5-2-6-10-14)12-11-15(20)17(18)13-7-3-1-4-8-13/h1-12,20H. The Morgan fingerprint density at radius 3 is 2.05 bits per heavy atom. The van der Waals surface area contributed by atoms with Crippen LogP contribution in [-0.2, 0) is 0 Å². The van der Waals surface area contributed by atoms with Gasteiger partial charge in [0, 0.05) is 5.56 Å². The van der Waals surface area contributed by atoms with Crippen LogP contribution in [0.25, 0.3) is 11.1 Å². The number of hydrogen-bond acceptors (Lipinski definition) is 2. The SMILES string of the molecule is Oc1ccc(Oc2ccccc2)c(Cl)c1-c1ccccc1. The molecule has 0 saturated heterocycles. The molecule has 0 radical (unpaired) electrons. The van der Waals surface area contributed by atoms with Crippen LogP contribution in [0.15, 0.2) is 72.8 Å². The lowest BCUT2D eigenvalue weighted by atomic mass is 10.0. The molecule has 0 heterocycles. The molecular weight excluding hydrogens is 284 g/mol. The van der Waals surface area contributed by atoms with E-state index in [1.807, 2.05) is 60.7 Å². The third kappa shape index (κ3) is 2.86. The average Bonchev–Trinajstić information content (AvgIpc) is 2.52. The van der Waals surface area contributed by atoms with Crippen LogP contribution >= 0.6 is 11.6 Å². The van der Waals surface area contributed by atoms with Crippen molar-refractivity contribution in [2.24, 2.45) is 0 Å². The molecule has 0 amide bonds. The lowest BCUT2D eigenvalue weighted by Crippen LogP contribution is -1.88. The third-order valence-electron chi connectivity index (χ3n) is 3.12. The van der Waals surface area contributed by atoms with Crippen molar-refractivity contribution in [3.05, 3.63) is 77.8 Å². The molecule has 0 aliphatic carbocycles. The molecule has 21 heavy (non-hydrogen) atoms. The van der Waals surface area contributed by atoms with Gasteiger partial charge in [0.05, 0.1) is 5.02 Å². The molecular formula is C18H13ClO2. The van der Waals surface area contributed by atoms with E-state index in [2.05, 4.69) is 0 Å². The monoisotopic (exact) mass is 296 g/mol. The van der Waals surface area contributed by atoms with E-state index < -0.39 is 0 Å². The fourth-order valence-electron chi connectivity index (χ4n) is 2.12. The van der Waals surface area contributed by atoms with Crippen molar-refractivity contribution in [2.45, 2.75) is 0 Å². The molecule has 0 bridgehead atoms. The molecule has 0 aliphatic rings. The van der Waals surface area contributed by atoms with E-state index >= 15 is 0 Å². The zero-order chi connectivity index (χ0) is 14.7. The summed E-state index contributed by atoms with van der Waals surface area (Å²) in [5.41, 5.74) is 1.42. The Hall–Kier alpha value is -2.45.